The zero-order valence-electron chi connectivity index (χ0n) is 19.4. The third-order valence-electron chi connectivity index (χ3n) is 5.53. The maximum Gasteiger partial charge on any atom is 0.233 e. The van der Waals surface area contributed by atoms with Crippen LogP contribution in [0.5, 0.6) is 11.5 Å². The Hall–Kier alpha value is -2.79. The van der Waals surface area contributed by atoms with Gasteiger partial charge in [0, 0.05) is 18.5 Å². The van der Waals surface area contributed by atoms with Crippen molar-refractivity contribution in [2.75, 3.05) is 28.4 Å². The number of hydrogen-bond donors (Lipinski definition) is 0. The summed E-state index contributed by atoms with van der Waals surface area (Å²) in [6.45, 7) is 2.22. The van der Waals surface area contributed by atoms with E-state index in [4.69, 9.17) is 9.47 Å². The molecule has 5 heteroatoms. The quantitative estimate of drug-likeness (QED) is 0.325. The molecule has 2 aromatic carbocycles. The second kappa shape index (κ2) is 12.8. The number of carbonyl (C=O) groups is 1. The highest BCUT2D eigenvalue weighted by atomic mass is 16.7. The fourth-order valence-electron chi connectivity index (χ4n) is 3.82. The van der Waals surface area contributed by atoms with E-state index in [1.165, 1.54) is 49.3 Å². The van der Waals surface area contributed by atoms with Gasteiger partial charge in [0.25, 0.3) is 0 Å². The lowest BCUT2D eigenvalue weighted by molar-refractivity contribution is -0.153. The number of carbonyl (C=O) groups excluding carboxylic acids is 1. The number of aryl methyl sites for hydroxylation is 2. The number of ether oxygens (including phenoxy) is 2. The molecule has 0 saturated heterocycles. The van der Waals surface area contributed by atoms with E-state index in [9.17, 15) is 4.79 Å². The Labute approximate surface area is 186 Å². The summed E-state index contributed by atoms with van der Waals surface area (Å²) in [5.74, 6) is 2.30. The summed E-state index contributed by atoms with van der Waals surface area (Å²) in [7, 11) is 6.47. The maximum atomic E-state index is 9.54. The topological polar surface area (TPSA) is 48.0 Å². The normalized spacial score (nSPS) is 15.3. The number of rotatable bonds is 8. The molecule has 2 aromatic rings. The van der Waals surface area contributed by atoms with Crippen LogP contribution in [0.3, 0.4) is 0 Å². The SMILES string of the molecule is CON(C)C=O.COc1cc(CCc2ccccc2)cc(OC)c1C1C=C(C)CCC1. The minimum atomic E-state index is 0.391. The third kappa shape index (κ3) is 7.44. The van der Waals surface area contributed by atoms with E-state index in [1.54, 1.807) is 14.2 Å². The second-order valence-electron chi connectivity index (χ2n) is 7.75. The molecule has 5 nitrogen and oxygen atoms in total. The molecule has 168 valence electrons. The summed E-state index contributed by atoms with van der Waals surface area (Å²) in [5, 5.41) is 1.07. The molecule has 0 bridgehead atoms. The molecule has 0 fully saturated rings. The first kappa shape index (κ1) is 24.5. The number of hydroxylamine groups is 2. The van der Waals surface area contributed by atoms with Crippen molar-refractivity contribution in [3.05, 3.63) is 70.8 Å². The number of allylic oxidation sites excluding steroid dienone is 2. The van der Waals surface area contributed by atoms with Crippen LogP contribution in [-0.4, -0.2) is 39.9 Å². The van der Waals surface area contributed by atoms with Crippen molar-refractivity contribution in [2.24, 2.45) is 0 Å². The molecule has 0 N–H and O–H groups in total. The van der Waals surface area contributed by atoms with Crippen LogP contribution in [0.1, 0.15) is 48.8 Å². The number of nitrogens with zero attached hydrogens (tertiary/aromatic N) is 1. The lowest BCUT2D eigenvalue weighted by Crippen LogP contribution is -2.12. The third-order valence-corrected chi connectivity index (χ3v) is 5.53. The van der Waals surface area contributed by atoms with Gasteiger partial charge in [-0.2, -0.15) is 0 Å². The van der Waals surface area contributed by atoms with E-state index in [-0.39, 0.29) is 0 Å². The van der Waals surface area contributed by atoms with Crippen molar-refractivity contribution in [1.29, 1.82) is 0 Å². The van der Waals surface area contributed by atoms with Crippen molar-refractivity contribution < 1.29 is 19.1 Å². The van der Waals surface area contributed by atoms with E-state index in [2.05, 4.69) is 60.3 Å². The molecule has 1 atom stereocenters. The number of amides is 1. The van der Waals surface area contributed by atoms with Gasteiger partial charge in [-0.3, -0.25) is 9.63 Å². The van der Waals surface area contributed by atoms with Crippen LogP contribution < -0.4 is 9.47 Å². The largest absolute Gasteiger partial charge is 0.496 e. The average Bonchev–Trinajstić information content (AvgIpc) is 2.82. The second-order valence-corrected chi connectivity index (χ2v) is 7.75. The highest BCUT2D eigenvalue weighted by Crippen LogP contribution is 2.42. The number of hydrogen-bond acceptors (Lipinski definition) is 4. The Bertz CT molecular complexity index is 823. The van der Waals surface area contributed by atoms with Gasteiger partial charge in [0.05, 0.1) is 21.3 Å². The van der Waals surface area contributed by atoms with Crippen LogP contribution in [0.2, 0.25) is 0 Å². The fraction of sp³-hybridized carbons (Fsp3) is 0.423. The Morgan fingerprint density at radius 3 is 2.10 bits per heavy atom. The molecule has 1 aliphatic rings. The van der Waals surface area contributed by atoms with Gasteiger partial charge in [0.1, 0.15) is 11.5 Å². The zero-order valence-corrected chi connectivity index (χ0v) is 19.4. The Morgan fingerprint density at radius 1 is 1.00 bits per heavy atom. The Kier molecular flexibility index (Phi) is 10.1. The molecule has 1 amide bonds. The van der Waals surface area contributed by atoms with E-state index in [0.717, 1.165) is 35.8 Å². The van der Waals surface area contributed by atoms with Gasteiger partial charge in [0.2, 0.25) is 6.41 Å². The van der Waals surface area contributed by atoms with Crippen molar-refractivity contribution in [2.45, 2.75) is 44.9 Å². The fourth-order valence-corrected chi connectivity index (χ4v) is 3.82. The molecular weight excluding hydrogens is 390 g/mol. The monoisotopic (exact) mass is 425 g/mol. The van der Waals surface area contributed by atoms with Crippen molar-refractivity contribution >= 4 is 6.41 Å². The van der Waals surface area contributed by atoms with Gasteiger partial charge >= 0.3 is 0 Å². The molecule has 0 radical (unpaired) electrons. The van der Waals surface area contributed by atoms with E-state index < -0.39 is 0 Å². The predicted octanol–water partition coefficient (Wildman–Crippen LogP) is 5.34. The van der Waals surface area contributed by atoms with Crippen molar-refractivity contribution in [3.8, 4) is 11.5 Å². The van der Waals surface area contributed by atoms with Gasteiger partial charge in [-0.1, -0.05) is 42.0 Å². The average molecular weight is 426 g/mol. The summed E-state index contributed by atoms with van der Waals surface area (Å²) in [5.41, 5.74) is 5.29. The minimum absolute atomic E-state index is 0.391. The number of methoxy groups -OCH3 is 2. The van der Waals surface area contributed by atoms with E-state index in [1.807, 2.05) is 0 Å². The molecule has 31 heavy (non-hydrogen) atoms. The van der Waals surface area contributed by atoms with Crippen LogP contribution >= 0.6 is 0 Å². The standard InChI is InChI=1S/C23H28O2.C3H7NO2/c1-17-8-7-11-20(14-17)23-21(24-2)15-19(16-22(23)25-3)13-12-18-9-5-4-6-10-18;1-4(3-5)6-2/h4-6,9-10,14-16,20H,7-8,11-13H2,1-3H3;3H,1-2H3. The first-order chi connectivity index (χ1) is 15.0. The van der Waals surface area contributed by atoms with Crippen molar-refractivity contribution in [3.63, 3.8) is 0 Å². The van der Waals surface area contributed by atoms with Gasteiger partial charge in [-0.25, -0.2) is 5.06 Å². The molecule has 1 unspecified atom stereocenters. The summed E-state index contributed by atoms with van der Waals surface area (Å²) in [4.78, 5) is 13.9. The first-order valence-corrected chi connectivity index (χ1v) is 10.7. The molecule has 0 spiro atoms. The maximum absolute atomic E-state index is 9.54. The highest BCUT2D eigenvalue weighted by Gasteiger charge is 2.22. The molecular formula is C26H35NO4. The van der Waals surface area contributed by atoms with Gasteiger partial charge < -0.3 is 9.47 Å². The molecule has 0 aromatic heterocycles. The van der Waals surface area contributed by atoms with Crippen LogP contribution in [0.25, 0.3) is 0 Å². The van der Waals surface area contributed by atoms with Crippen LogP contribution in [0.4, 0.5) is 0 Å². The van der Waals surface area contributed by atoms with Crippen molar-refractivity contribution in [1.82, 2.24) is 5.06 Å². The summed E-state index contributed by atoms with van der Waals surface area (Å²) in [6.07, 6.45) is 8.57. The first-order valence-electron chi connectivity index (χ1n) is 10.7. The smallest absolute Gasteiger partial charge is 0.233 e. The molecule has 0 aliphatic heterocycles. The van der Waals surface area contributed by atoms with Gasteiger partial charge in [-0.15, -0.1) is 0 Å². The van der Waals surface area contributed by atoms with Gasteiger partial charge in [-0.05, 0) is 62.3 Å². The Balaban J connectivity index is 0.000000501. The summed E-state index contributed by atoms with van der Waals surface area (Å²) < 4.78 is 11.5. The van der Waals surface area contributed by atoms with Gasteiger partial charge in [0.15, 0.2) is 0 Å². The summed E-state index contributed by atoms with van der Waals surface area (Å²) in [6, 6.07) is 15.0. The van der Waals surface area contributed by atoms with E-state index >= 15 is 0 Å². The summed E-state index contributed by atoms with van der Waals surface area (Å²) >= 11 is 0. The van der Waals surface area contributed by atoms with E-state index in [0.29, 0.717) is 12.3 Å². The molecule has 1 aliphatic carbocycles. The zero-order chi connectivity index (χ0) is 22.6. The van der Waals surface area contributed by atoms with Crippen LogP contribution in [-0.2, 0) is 22.5 Å². The predicted molar refractivity (Wildman–Crippen MR) is 125 cm³/mol. The molecule has 0 heterocycles. The molecule has 0 saturated carbocycles. The Morgan fingerprint density at radius 2 is 1.61 bits per heavy atom. The lowest BCUT2D eigenvalue weighted by atomic mass is 9.84. The van der Waals surface area contributed by atoms with Crippen LogP contribution in [0, 0.1) is 0 Å². The highest BCUT2D eigenvalue weighted by molar-refractivity contribution is 5.52. The molecule has 3 rings (SSSR count). The van der Waals surface area contributed by atoms with Crippen LogP contribution in [0.15, 0.2) is 54.1 Å². The minimum Gasteiger partial charge on any atom is -0.496 e. The number of benzene rings is 2. The lowest BCUT2D eigenvalue weighted by Gasteiger charge is -2.24.